The number of aryl methyl sites for hydroxylation is 1. The zero-order valence-electron chi connectivity index (χ0n) is 11.8. The Bertz CT molecular complexity index is 772. The third kappa shape index (κ3) is 2.92. The van der Waals surface area contributed by atoms with Crippen LogP contribution in [0.25, 0.3) is 11.5 Å². The summed E-state index contributed by atoms with van der Waals surface area (Å²) in [5, 5.41) is 7.15. The highest BCUT2D eigenvalue weighted by Crippen LogP contribution is 2.16. The molecule has 0 aliphatic carbocycles. The van der Waals surface area contributed by atoms with Gasteiger partial charge in [0.15, 0.2) is 10.6 Å². The van der Waals surface area contributed by atoms with Gasteiger partial charge in [-0.15, -0.1) is 0 Å². The summed E-state index contributed by atoms with van der Waals surface area (Å²) in [7, 11) is 0. The predicted molar refractivity (Wildman–Crippen MR) is 85.6 cm³/mol. The fourth-order valence-corrected chi connectivity index (χ4v) is 2.41. The van der Waals surface area contributed by atoms with Crippen molar-refractivity contribution in [3.05, 3.63) is 64.6 Å². The Morgan fingerprint density at radius 2 is 1.86 bits per heavy atom. The number of nitrogens with zero attached hydrogens (tertiary/aromatic N) is 3. The lowest BCUT2D eigenvalue weighted by Crippen LogP contribution is -2.03. The maximum absolute atomic E-state index is 5.34. The smallest absolute Gasteiger partial charge is 0.195 e. The maximum atomic E-state index is 5.34. The summed E-state index contributed by atoms with van der Waals surface area (Å²) in [4.78, 5) is 4.34. The standard InChI is InChI=1S/C16H16N4S/c1-2-12-6-8-13(9-7-12)11-20-15(18-19-16(20)21)14-5-3-4-10-17-14/h3-10H,2,11H2,1H3,(H,19,21). The van der Waals surface area contributed by atoms with Gasteiger partial charge in [-0.3, -0.25) is 14.6 Å². The first-order valence-electron chi connectivity index (χ1n) is 6.92. The normalized spacial score (nSPS) is 10.7. The minimum atomic E-state index is 0.607. The first kappa shape index (κ1) is 13.7. The Hall–Kier alpha value is -2.27. The van der Waals surface area contributed by atoms with Crippen molar-refractivity contribution in [2.75, 3.05) is 0 Å². The van der Waals surface area contributed by atoms with Gasteiger partial charge < -0.3 is 0 Å². The molecule has 1 aromatic carbocycles. The molecule has 0 radical (unpaired) electrons. The van der Waals surface area contributed by atoms with Crippen LogP contribution in [0.2, 0.25) is 0 Å². The average molecular weight is 296 g/mol. The Labute approximate surface area is 128 Å². The molecule has 2 aromatic heterocycles. The lowest BCUT2D eigenvalue weighted by atomic mass is 10.1. The molecule has 0 saturated heterocycles. The van der Waals surface area contributed by atoms with Gasteiger partial charge in [0.05, 0.1) is 6.54 Å². The monoisotopic (exact) mass is 296 g/mol. The molecule has 0 aliphatic rings. The van der Waals surface area contributed by atoms with Crippen LogP contribution in [-0.2, 0) is 13.0 Å². The Kier molecular flexibility index (Phi) is 3.92. The quantitative estimate of drug-likeness (QED) is 0.748. The minimum Gasteiger partial charge on any atom is -0.294 e. The Morgan fingerprint density at radius 1 is 1.10 bits per heavy atom. The molecule has 0 aliphatic heterocycles. The number of hydrogen-bond acceptors (Lipinski definition) is 3. The van der Waals surface area contributed by atoms with E-state index in [-0.39, 0.29) is 0 Å². The third-order valence-electron chi connectivity index (χ3n) is 3.42. The van der Waals surface area contributed by atoms with Crippen LogP contribution < -0.4 is 0 Å². The van der Waals surface area contributed by atoms with Gasteiger partial charge in [-0.05, 0) is 41.9 Å². The van der Waals surface area contributed by atoms with E-state index >= 15 is 0 Å². The molecule has 3 aromatic rings. The molecule has 2 heterocycles. The number of pyridine rings is 1. The molecule has 0 fully saturated rings. The SMILES string of the molecule is CCc1ccc(Cn2c(-c3ccccn3)n[nH]c2=S)cc1. The molecule has 0 atom stereocenters. The zero-order valence-corrected chi connectivity index (χ0v) is 12.6. The fourth-order valence-electron chi connectivity index (χ4n) is 2.22. The third-order valence-corrected chi connectivity index (χ3v) is 3.74. The van der Waals surface area contributed by atoms with E-state index in [0.29, 0.717) is 11.3 Å². The van der Waals surface area contributed by atoms with Crippen molar-refractivity contribution in [3.63, 3.8) is 0 Å². The van der Waals surface area contributed by atoms with Gasteiger partial charge >= 0.3 is 0 Å². The zero-order chi connectivity index (χ0) is 14.7. The van der Waals surface area contributed by atoms with Crippen LogP contribution in [0.1, 0.15) is 18.1 Å². The van der Waals surface area contributed by atoms with E-state index in [0.717, 1.165) is 17.9 Å². The second kappa shape index (κ2) is 6.01. The minimum absolute atomic E-state index is 0.607. The number of aromatic nitrogens is 4. The average Bonchev–Trinajstić information content (AvgIpc) is 2.90. The summed E-state index contributed by atoms with van der Waals surface area (Å²) in [6.07, 6.45) is 2.80. The van der Waals surface area contributed by atoms with Gasteiger partial charge in [0, 0.05) is 6.20 Å². The van der Waals surface area contributed by atoms with Crippen molar-refractivity contribution in [1.82, 2.24) is 19.7 Å². The summed E-state index contributed by atoms with van der Waals surface area (Å²) in [6.45, 7) is 2.84. The number of rotatable bonds is 4. The van der Waals surface area contributed by atoms with Gasteiger partial charge in [0.25, 0.3) is 0 Å². The van der Waals surface area contributed by atoms with Crippen molar-refractivity contribution in [1.29, 1.82) is 0 Å². The molecule has 4 nitrogen and oxygen atoms in total. The van der Waals surface area contributed by atoms with Gasteiger partial charge in [-0.2, -0.15) is 5.10 Å². The predicted octanol–water partition coefficient (Wildman–Crippen LogP) is 3.61. The molecule has 106 valence electrons. The second-order valence-corrected chi connectivity index (χ2v) is 5.21. The number of nitrogens with one attached hydrogen (secondary N) is 1. The van der Waals surface area contributed by atoms with Gasteiger partial charge in [-0.1, -0.05) is 37.3 Å². The molecule has 0 amide bonds. The summed E-state index contributed by atoms with van der Waals surface area (Å²) >= 11 is 5.34. The van der Waals surface area contributed by atoms with Crippen LogP contribution in [0.5, 0.6) is 0 Å². The van der Waals surface area contributed by atoms with E-state index in [2.05, 4.69) is 46.4 Å². The van der Waals surface area contributed by atoms with Crippen molar-refractivity contribution < 1.29 is 0 Å². The van der Waals surface area contributed by atoms with E-state index in [9.17, 15) is 0 Å². The van der Waals surface area contributed by atoms with Crippen molar-refractivity contribution in [3.8, 4) is 11.5 Å². The molecule has 0 unspecified atom stereocenters. The summed E-state index contributed by atoms with van der Waals surface area (Å²) in [5.41, 5.74) is 3.34. The van der Waals surface area contributed by atoms with Crippen molar-refractivity contribution in [2.24, 2.45) is 0 Å². The molecule has 0 bridgehead atoms. The first-order valence-corrected chi connectivity index (χ1v) is 7.33. The summed E-state index contributed by atoms with van der Waals surface area (Å²) in [5.74, 6) is 0.764. The first-order chi connectivity index (χ1) is 10.3. The molecular weight excluding hydrogens is 280 g/mol. The van der Waals surface area contributed by atoms with E-state index in [4.69, 9.17) is 12.2 Å². The van der Waals surface area contributed by atoms with Crippen LogP contribution >= 0.6 is 12.2 Å². The number of aromatic amines is 1. The number of hydrogen-bond donors (Lipinski definition) is 1. The summed E-state index contributed by atoms with van der Waals surface area (Å²) in [6, 6.07) is 14.3. The number of benzene rings is 1. The largest absolute Gasteiger partial charge is 0.294 e. The lowest BCUT2D eigenvalue weighted by molar-refractivity contribution is 0.787. The van der Waals surface area contributed by atoms with Crippen LogP contribution in [0.15, 0.2) is 48.7 Å². The fraction of sp³-hybridized carbons (Fsp3) is 0.188. The maximum Gasteiger partial charge on any atom is 0.195 e. The highest BCUT2D eigenvalue weighted by molar-refractivity contribution is 7.71. The van der Waals surface area contributed by atoms with E-state index in [1.807, 2.05) is 22.8 Å². The second-order valence-electron chi connectivity index (χ2n) is 4.82. The van der Waals surface area contributed by atoms with Crippen LogP contribution in [0, 0.1) is 4.77 Å². The Morgan fingerprint density at radius 3 is 2.52 bits per heavy atom. The van der Waals surface area contributed by atoms with Crippen molar-refractivity contribution >= 4 is 12.2 Å². The molecule has 0 spiro atoms. The van der Waals surface area contributed by atoms with E-state index in [1.54, 1.807) is 6.20 Å². The highest BCUT2D eigenvalue weighted by Gasteiger charge is 2.10. The van der Waals surface area contributed by atoms with Crippen LogP contribution in [-0.4, -0.2) is 19.7 Å². The van der Waals surface area contributed by atoms with E-state index in [1.165, 1.54) is 11.1 Å². The molecule has 3 rings (SSSR count). The summed E-state index contributed by atoms with van der Waals surface area (Å²) < 4.78 is 2.58. The molecule has 0 saturated carbocycles. The molecule has 21 heavy (non-hydrogen) atoms. The highest BCUT2D eigenvalue weighted by atomic mass is 32.1. The lowest BCUT2D eigenvalue weighted by Gasteiger charge is -2.07. The van der Waals surface area contributed by atoms with Gasteiger partial charge in [-0.25, -0.2) is 0 Å². The van der Waals surface area contributed by atoms with Gasteiger partial charge in [0.2, 0.25) is 0 Å². The van der Waals surface area contributed by atoms with E-state index < -0.39 is 0 Å². The Balaban J connectivity index is 1.95. The molecule has 1 N–H and O–H groups in total. The molecular formula is C16H16N4S. The van der Waals surface area contributed by atoms with Crippen molar-refractivity contribution in [2.45, 2.75) is 19.9 Å². The topological polar surface area (TPSA) is 46.5 Å². The number of H-pyrrole nitrogens is 1. The van der Waals surface area contributed by atoms with Gasteiger partial charge in [0.1, 0.15) is 5.69 Å². The van der Waals surface area contributed by atoms with Crippen LogP contribution in [0.4, 0.5) is 0 Å². The molecule has 5 heteroatoms. The van der Waals surface area contributed by atoms with Crippen LogP contribution in [0.3, 0.4) is 0 Å².